The molecule has 0 aliphatic carbocycles. The number of aliphatic hydroxyl groups is 7. The van der Waals surface area contributed by atoms with Gasteiger partial charge in [0.25, 0.3) is 5.91 Å². The number of ether oxygens (including phenoxy) is 3. The van der Waals surface area contributed by atoms with E-state index < -0.39 is 158 Å². The van der Waals surface area contributed by atoms with E-state index in [1.54, 1.807) is 12.1 Å². The molecule has 26 heteroatoms. The lowest BCUT2D eigenvalue weighted by molar-refractivity contribution is -0.870. The van der Waals surface area contributed by atoms with Crippen LogP contribution in [0.5, 0.6) is 11.5 Å². The largest absolute Gasteiger partial charge is 0.872 e. The Balaban J connectivity index is 1.23. The van der Waals surface area contributed by atoms with Crippen LogP contribution in [-0.2, 0) is 38.2 Å². The Morgan fingerprint density at radius 3 is 1.77 bits per heavy atom. The summed E-state index contributed by atoms with van der Waals surface area (Å²) >= 11 is 0. The van der Waals surface area contributed by atoms with Gasteiger partial charge in [0.2, 0.25) is 35.4 Å². The zero-order chi connectivity index (χ0) is 66.4. The molecule has 3 aliphatic heterocycles. The van der Waals surface area contributed by atoms with Gasteiger partial charge in [0.05, 0.1) is 72.0 Å². The van der Waals surface area contributed by atoms with Crippen LogP contribution in [0.15, 0.2) is 97.1 Å². The predicted octanol–water partition coefficient (Wildman–Crippen LogP) is -0.812. The molecule has 3 aliphatic rings. The minimum Gasteiger partial charge on any atom is -0.872 e. The van der Waals surface area contributed by atoms with Crippen LogP contribution in [0.3, 0.4) is 0 Å². The lowest BCUT2D eigenvalue weighted by atomic mass is 9.96. The SMILES string of the molecule is CCCCCOc1ccc(-c2ccc(-c3ccc(C(=O)N[C@@H]4C[C@@H](O)C(OCCOCC[N+](C)(C)C)NC(=O)C5[C@@H](O)[C@@H](C)CN5C(=O)C([C@@H](C)O)NC(=O)C([C@H](O)[C@@H](O)c5ccc([O-])cc5)NC(=O)C5C[C@@H](O)CN5C(=O)C([C@@H](C)O)NC4=O)cc3)cc2)cc1. The highest BCUT2D eigenvalue weighted by Gasteiger charge is 2.50. The highest BCUT2D eigenvalue weighted by atomic mass is 16.5. The fourth-order valence-corrected chi connectivity index (χ4v) is 11.0. The van der Waals surface area contributed by atoms with Gasteiger partial charge in [-0.05, 0) is 72.4 Å². The summed E-state index contributed by atoms with van der Waals surface area (Å²) in [5.41, 5.74) is 3.39. The molecule has 0 spiro atoms. The van der Waals surface area contributed by atoms with Gasteiger partial charge in [0, 0.05) is 37.4 Å². The van der Waals surface area contributed by atoms with E-state index in [4.69, 9.17) is 14.2 Å². The molecule has 4 aromatic rings. The second-order valence-electron chi connectivity index (χ2n) is 24.7. The van der Waals surface area contributed by atoms with E-state index in [1.807, 2.05) is 69.7 Å². The van der Waals surface area contributed by atoms with Gasteiger partial charge < -0.3 is 95.9 Å². The van der Waals surface area contributed by atoms with Crippen LogP contribution in [-0.4, -0.2) is 238 Å². The Bertz CT molecular complexity index is 3090. The highest BCUT2D eigenvalue weighted by Crippen LogP contribution is 2.30. The molecule has 3 heterocycles. The van der Waals surface area contributed by atoms with Crippen molar-refractivity contribution in [2.24, 2.45) is 5.92 Å². The molecular formula is C65H88N8O18. The Hall–Kier alpha value is -7.63. The van der Waals surface area contributed by atoms with E-state index in [0.717, 1.165) is 95.2 Å². The zero-order valence-electron chi connectivity index (χ0n) is 52.3. The number of carbonyl (C=O) groups is 7. The Morgan fingerprint density at radius 2 is 1.20 bits per heavy atom. The first-order valence-electron chi connectivity index (χ1n) is 30.8. The van der Waals surface area contributed by atoms with E-state index in [-0.39, 0.29) is 37.5 Å². The van der Waals surface area contributed by atoms with Crippen molar-refractivity contribution in [3.63, 3.8) is 0 Å². The van der Waals surface area contributed by atoms with Crippen molar-refractivity contribution >= 4 is 41.4 Å². The van der Waals surface area contributed by atoms with Crippen LogP contribution in [0, 0.1) is 5.92 Å². The molecule has 7 amide bonds. The third kappa shape index (κ3) is 18.8. The van der Waals surface area contributed by atoms with Gasteiger partial charge in [-0.15, -0.1) is 5.75 Å². The monoisotopic (exact) mass is 1270 g/mol. The van der Waals surface area contributed by atoms with Gasteiger partial charge in [-0.2, -0.15) is 0 Å². The number of carbonyl (C=O) groups excluding carboxylic acids is 7. The normalized spacial score (nSPS) is 26.2. The third-order valence-electron chi connectivity index (χ3n) is 16.4. The molecule has 496 valence electrons. The number of nitrogens with zero attached hydrogens (tertiary/aromatic N) is 3. The maximum atomic E-state index is 14.8. The summed E-state index contributed by atoms with van der Waals surface area (Å²) in [5.74, 6) is -8.66. The first-order chi connectivity index (χ1) is 43.1. The first-order valence-corrected chi connectivity index (χ1v) is 30.8. The second kappa shape index (κ2) is 32.1. The second-order valence-corrected chi connectivity index (χ2v) is 24.7. The molecule has 91 heavy (non-hydrogen) atoms. The number of fused-ring (bicyclic) bond motifs is 2. The highest BCUT2D eigenvalue weighted by molar-refractivity contribution is 6.00. The van der Waals surface area contributed by atoms with E-state index >= 15 is 0 Å². The van der Waals surface area contributed by atoms with Gasteiger partial charge in [0.1, 0.15) is 66.9 Å². The van der Waals surface area contributed by atoms with Crippen molar-refractivity contribution in [1.82, 2.24) is 36.4 Å². The first kappa shape index (κ1) is 70.8. The van der Waals surface area contributed by atoms with Crippen molar-refractivity contribution in [3.8, 4) is 33.8 Å². The number of unbranched alkanes of at least 4 members (excludes halogenated alkanes) is 2. The van der Waals surface area contributed by atoms with Crippen molar-refractivity contribution in [2.75, 3.05) is 67.2 Å². The number of nitrogens with one attached hydrogen (secondary N) is 5. The number of hydrogen-bond acceptors (Lipinski definition) is 18. The smallest absolute Gasteiger partial charge is 0.251 e. The number of likely N-dealkylation sites (N-methyl/N-ethyl adjacent to an activating group) is 1. The fraction of sp³-hybridized carbons (Fsp3) is 0.523. The molecule has 3 fully saturated rings. The quantitative estimate of drug-likeness (QED) is 0.0358. The summed E-state index contributed by atoms with van der Waals surface area (Å²) in [6.07, 6.45) is -12.9. The van der Waals surface area contributed by atoms with Gasteiger partial charge in [-0.25, -0.2) is 0 Å². The van der Waals surface area contributed by atoms with Gasteiger partial charge in [-0.1, -0.05) is 99.5 Å². The number of rotatable bonds is 21. The van der Waals surface area contributed by atoms with Gasteiger partial charge in [0.15, 0.2) is 6.23 Å². The fourth-order valence-electron chi connectivity index (χ4n) is 11.0. The zero-order valence-corrected chi connectivity index (χ0v) is 52.3. The standard InChI is InChI=1S/C65H88N8O18/c1-8-9-10-28-90-47-25-21-42(22-26-47)40-13-11-39(12-14-40)41-15-17-44(18-16-41)58(82)66-48-33-50(78)63(91-31-30-89-29-27-73(5,6)7)70-62(86)54-55(79)36(2)34-72(54)65(88)52(38(4)75)68-61(85)53(57(81)56(80)43-19-23-45(76)24-20-43)69-60(84)49-32-46(77)35-71(49)64(87)51(37(3)74)67-59(48)83/h11-26,36-38,46,48-57,63,74-75,77-81H,8-10,27-35H2,1-7H3,(H5-,66,67,68,69,70,76,82,83,84,85,86)/t36-,37+,38+,46+,48+,49?,50+,51?,52?,53?,54?,55-,56-,57-,63?/m0/s1. The molecule has 12 N–H and O–H groups in total. The van der Waals surface area contributed by atoms with Crippen molar-refractivity contribution in [3.05, 3.63) is 108 Å². The summed E-state index contributed by atoms with van der Waals surface area (Å²) in [6, 6.07) is 14.7. The molecule has 4 aromatic carbocycles. The minimum atomic E-state index is -2.32. The van der Waals surface area contributed by atoms with Crippen molar-refractivity contribution < 1.29 is 93.1 Å². The lowest BCUT2D eigenvalue weighted by Gasteiger charge is -2.34. The predicted molar refractivity (Wildman–Crippen MR) is 329 cm³/mol. The molecule has 0 radical (unpaired) electrons. The molecule has 3 saturated heterocycles. The summed E-state index contributed by atoms with van der Waals surface area (Å²) in [4.78, 5) is 104. The minimum absolute atomic E-state index is 0.0334. The van der Waals surface area contributed by atoms with Crippen molar-refractivity contribution in [1.29, 1.82) is 0 Å². The molecule has 26 nitrogen and oxygen atoms in total. The molecule has 6 unspecified atom stereocenters. The Kier molecular flexibility index (Phi) is 25.0. The summed E-state index contributed by atoms with van der Waals surface area (Å²) in [5, 5.41) is 105. The van der Waals surface area contributed by atoms with Crippen LogP contribution in [0.25, 0.3) is 22.3 Å². The lowest BCUT2D eigenvalue weighted by Crippen LogP contribution is -2.64. The van der Waals surface area contributed by atoms with Gasteiger partial charge in [-0.3, -0.25) is 33.6 Å². The molecular weight excluding hydrogens is 1180 g/mol. The van der Waals surface area contributed by atoms with Crippen molar-refractivity contribution in [2.45, 2.75) is 145 Å². The molecule has 7 rings (SSSR count). The summed E-state index contributed by atoms with van der Waals surface area (Å²) in [6.45, 7) is 6.04. The van der Waals surface area contributed by atoms with Crippen LogP contribution in [0.4, 0.5) is 0 Å². The van der Waals surface area contributed by atoms with E-state index in [0.29, 0.717) is 17.6 Å². The Labute approximate surface area is 529 Å². The summed E-state index contributed by atoms with van der Waals surface area (Å²) < 4.78 is 18.2. The number of aliphatic hydroxyl groups excluding tert-OH is 7. The third-order valence-corrected chi connectivity index (χ3v) is 16.4. The molecule has 0 aromatic heterocycles. The van der Waals surface area contributed by atoms with E-state index in [1.165, 1.54) is 19.1 Å². The number of hydrogen-bond donors (Lipinski definition) is 12. The van der Waals surface area contributed by atoms with Crippen LogP contribution in [0.1, 0.15) is 81.8 Å². The molecule has 0 saturated carbocycles. The molecule has 0 bridgehead atoms. The molecule has 15 atom stereocenters. The van der Waals surface area contributed by atoms with Crippen LogP contribution < -0.4 is 36.4 Å². The number of amides is 7. The number of quaternary nitrogens is 1. The van der Waals surface area contributed by atoms with E-state index in [2.05, 4.69) is 33.5 Å². The Morgan fingerprint density at radius 1 is 0.648 bits per heavy atom. The van der Waals surface area contributed by atoms with E-state index in [9.17, 15) is 74.4 Å². The van der Waals surface area contributed by atoms with Crippen LogP contribution in [0.2, 0.25) is 0 Å². The average molecular weight is 1270 g/mol. The number of benzene rings is 4. The maximum absolute atomic E-state index is 14.8. The topological polar surface area (TPSA) is 378 Å². The van der Waals surface area contributed by atoms with Crippen LogP contribution >= 0.6 is 0 Å². The van der Waals surface area contributed by atoms with Gasteiger partial charge >= 0.3 is 0 Å². The average Bonchev–Trinajstić information content (AvgIpc) is 1.94. The summed E-state index contributed by atoms with van der Waals surface area (Å²) in [7, 11) is 5.85. The maximum Gasteiger partial charge on any atom is 0.251 e.